The summed E-state index contributed by atoms with van der Waals surface area (Å²) in [7, 11) is 3.03. The van der Waals surface area contributed by atoms with Gasteiger partial charge in [0, 0.05) is 14.1 Å². The lowest BCUT2D eigenvalue weighted by molar-refractivity contribution is 0.0635. The normalized spacial score (nSPS) is 11.1. The molecule has 0 atom stereocenters. The number of rotatable bonds is 2. The average molecular weight is 289 g/mol. The number of halogens is 1. The molecule has 1 rings (SSSR count). The SMILES string of the molecule is CNC(=O)c1c(Cl)c(NC(=O)OC(C)(C)C)nn1C. The van der Waals surface area contributed by atoms with Gasteiger partial charge in [0.2, 0.25) is 0 Å². The van der Waals surface area contributed by atoms with Gasteiger partial charge in [-0.15, -0.1) is 0 Å². The number of aryl methyl sites for hydroxylation is 1. The first-order valence-electron chi connectivity index (χ1n) is 5.60. The van der Waals surface area contributed by atoms with Crippen LogP contribution >= 0.6 is 11.6 Å². The quantitative estimate of drug-likeness (QED) is 0.868. The number of ether oxygens (including phenoxy) is 1. The maximum absolute atomic E-state index is 11.6. The molecule has 0 spiro atoms. The van der Waals surface area contributed by atoms with Gasteiger partial charge < -0.3 is 10.1 Å². The van der Waals surface area contributed by atoms with Gasteiger partial charge in [-0.05, 0) is 20.8 Å². The van der Waals surface area contributed by atoms with Crippen molar-refractivity contribution in [1.82, 2.24) is 15.1 Å². The maximum Gasteiger partial charge on any atom is 0.413 e. The van der Waals surface area contributed by atoms with E-state index in [0.29, 0.717) is 0 Å². The molecule has 0 unspecified atom stereocenters. The molecule has 1 aromatic rings. The van der Waals surface area contributed by atoms with E-state index < -0.39 is 17.6 Å². The number of hydrogen-bond donors (Lipinski definition) is 2. The van der Waals surface area contributed by atoms with E-state index in [9.17, 15) is 9.59 Å². The molecule has 7 nitrogen and oxygen atoms in total. The van der Waals surface area contributed by atoms with Gasteiger partial charge in [0.15, 0.2) is 5.82 Å². The van der Waals surface area contributed by atoms with E-state index in [1.807, 2.05) is 0 Å². The Hall–Kier alpha value is -1.76. The van der Waals surface area contributed by atoms with Crippen LogP contribution in [0.4, 0.5) is 10.6 Å². The summed E-state index contributed by atoms with van der Waals surface area (Å²) in [5.74, 6) is -0.311. The van der Waals surface area contributed by atoms with Crippen LogP contribution in [0.5, 0.6) is 0 Å². The van der Waals surface area contributed by atoms with Gasteiger partial charge in [0.25, 0.3) is 5.91 Å². The van der Waals surface area contributed by atoms with E-state index in [1.54, 1.807) is 27.8 Å². The van der Waals surface area contributed by atoms with Crippen LogP contribution in [0.15, 0.2) is 0 Å². The fraction of sp³-hybridized carbons (Fsp3) is 0.545. The molecular weight excluding hydrogens is 272 g/mol. The zero-order valence-electron chi connectivity index (χ0n) is 11.5. The van der Waals surface area contributed by atoms with Gasteiger partial charge in [0.05, 0.1) is 0 Å². The number of nitrogens with one attached hydrogen (secondary N) is 2. The Morgan fingerprint density at radius 1 is 1.37 bits per heavy atom. The smallest absolute Gasteiger partial charge is 0.413 e. The Balaban J connectivity index is 2.92. The number of carbonyl (C=O) groups is 2. The van der Waals surface area contributed by atoms with Crippen LogP contribution < -0.4 is 10.6 Å². The molecular formula is C11H17ClN4O3. The molecule has 2 amide bonds. The van der Waals surface area contributed by atoms with Crippen LogP contribution in [0, 0.1) is 0 Å². The van der Waals surface area contributed by atoms with E-state index in [4.69, 9.17) is 16.3 Å². The fourth-order valence-corrected chi connectivity index (χ4v) is 1.64. The Labute approximate surface area is 116 Å². The van der Waals surface area contributed by atoms with Crippen molar-refractivity contribution >= 4 is 29.4 Å². The Kier molecular flexibility index (Phi) is 4.41. The number of amides is 2. The molecule has 1 heterocycles. The lowest BCUT2D eigenvalue weighted by Gasteiger charge is -2.19. The molecule has 0 saturated carbocycles. The molecule has 0 saturated heterocycles. The van der Waals surface area contributed by atoms with Gasteiger partial charge in [-0.2, -0.15) is 5.10 Å². The summed E-state index contributed by atoms with van der Waals surface area (Å²) in [6.45, 7) is 5.22. The van der Waals surface area contributed by atoms with Crippen LogP contribution in [0.25, 0.3) is 0 Å². The lowest BCUT2D eigenvalue weighted by atomic mass is 10.2. The van der Waals surface area contributed by atoms with Crippen molar-refractivity contribution in [1.29, 1.82) is 0 Å². The van der Waals surface area contributed by atoms with E-state index in [-0.39, 0.29) is 16.5 Å². The van der Waals surface area contributed by atoms with E-state index >= 15 is 0 Å². The van der Waals surface area contributed by atoms with Crippen molar-refractivity contribution in [3.63, 3.8) is 0 Å². The lowest BCUT2D eigenvalue weighted by Crippen LogP contribution is -2.27. The molecule has 0 radical (unpaired) electrons. The van der Waals surface area contributed by atoms with Crippen LogP contribution in [-0.4, -0.2) is 34.4 Å². The molecule has 1 aromatic heterocycles. The molecule has 19 heavy (non-hydrogen) atoms. The molecule has 8 heteroatoms. The highest BCUT2D eigenvalue weighted by molar-refractivity contribution is 6.36. The average Bonchev–Trinajstić information content (AvgIpc) is 2.50. The van der Waals surface area contributed by atoms with Crippen molar-refractivity contribution in [2.24, 2.45) is 7.05 Å². The predicted molar refractivity (Wildman–Crippen MR) is 71.5 cm³/mol. The van der Waals surface area contributed by atoms with Crippen LogP contribution in [0.1, 0.15) is 31.3 Å². The van der Waals surface area contributed by atoms with Crippen LogP contribution in [-0.2, 0) is 11.8 Å². The van der Waals surface area contributed by atoms with Gasteiger partial charge in [0.1, 0.15) is 16.3 Å². The van der Waals surface area contributed by atoms with Crippen molar-refractivity contribution in [2.45, 2.75) is 26.4 Å². The second-order valence-corrected chi connectivity index (χ2v) is 5.22. The summed E-state index contributed by atoms with van der Waals surface area (Å²) in [6, 6.07) is 0. The van der Waals surface area contributed by atoms with Gasteiger partial charge in [-0.25, -0.2) is 4.79 Å². The van der Waals surface area contributed by atoms with Gasteiger partial charge in [-0.3, -0.25) is 14.8 Å². The Morgan fingerprint density at radius 3 is 2.42 bits per heavy atom. The number of aromatic nitrogens is 2. The monoisotopic (exact) mass is 288 g/mol. The first kappa shape index (κ1) is 15.3. The fourth-order valence-electron chi connectivity index (χ4n) is 1.34. The third-order valence-electron chi connectivity index (χ3n) is 2.05. The van der Waals surface area contributed by atoms with Crippen molar-refractivity contribution < 1.29 is 14.3 Å². The number of carbonyl (C=O) groups excluding carboxylic acids is 2. The summed E-state index contributed by atoms with van der Waals surface area (Å²) in [4.78, 5) is 23.2. The zero-order valence-corrected chi connectivity index (χ0v) is 12.3. The molecule has 0 aliphatic rings. The minimum atomic E-state index is -0.684. The minimum Gasteiger partial charge on any atom is -0.444 e. The third-order valence-corrected chi connectivity index (χ3v) is 2.41. The number of anilines is 1. The van der Waals surface area contributed by atoms with Crippen LogP contribution in [0.2, 0.25) is 5.02 Å². The second kappa shape index (κ2) is 5.48. The third kappa shape index (κ3) is 3.85. The minimum absolute atomic E-state index is 0.0627. The second-order valence-electron chi connectivity index (χ2n) is 4.84. The summed E-state index contributed by atoms with van der Waals surface area (Å²) in [5.41, 5.74) is -0.468. The first-order valence-corrected chi connectivity index (χ1v) is 5.98. The highest BCUT2D eigenvalue weighted by atomic mass is 35.5. The van der Waals surface area contributed by atoms with Crippen molar-refractivity contribution in [3.05, 3.63) is 10.7 Å². The van der Waals surface area contributed by atoms with Crippen LogP contribution in [0.3, 0.4) is 0 Å². The summed E-state index contributed by atoms with van der Waals surface area (Å²) >= 11 is 6.00. The van der Waals surface area contributed by atoms with Gasteiger partial charge in [-0.1, -0.05) is 11.6 Å². The predicted octanol–water partition coefficient (Wildman–Crippen LogP) is 1.78. The Bertz CT molecular complexity index is 505. The highest BCUT2D eigenvalue weighted by Gasteiger charge is 2.23. The summed E-state index contributed by atoms with van der Waals surface area (Å²) in [5, 5.41) is 8.87. The molecule has 0 fully saturated rings. The maximum atomic E-state index is 11.6. The van der Waals surface area contributed by atoms with Crippen molar-refractivity contribution in [2.75, 3.05) is 12.4 Å². The molecule has 0 aliphatic carbocycles. The molecule has 0 bridgehead atoms. The largest absolute Gasteiger partial charge is 0.444 e. The first-order chi connectivity index (χ1) is 8.65. The molecule has 0 aromatic carbocycles. The highest BCUT2D eigenvalue weighted by Crippen LogP contribution is 2.25. The van der Waals surface area contributed by atoms with E-state index in [2.05, 4.69) is 15.7 Å². The Morgan fingerprint density at radius 2 is 1.95 bits per heavy atom. The van der Waals surface area contributed by atoms with E-state index in [1.165, 1.54) is 11.7 Å². The van der Waals surface area contributed by atoms with E-state index in [0.717, 1.165) is 0 Å². The van der Waals surface area contributed by atoms with Gasteiger partial charge >= 0.3 is 6.09 Å². The summed E-state index contributed by atoms with van der Waals surface area (Å²) in [6.07, 6.45) is -0.684. The standard InChI is InChI=1S/C11H17ClN4O3/c1-11(2,3)19-10(18)14-8-6(12)7(9(17)13-4)16(5)15-8/h1-5H3,(H,13,17)(H,14,15,18). The molecule has 106 valence electrons. The zero-order chi connectivity index (χ0) is 14.8. The number of hydrogen-bond acceptors (Lipinski definition) is 4. The number of nitrogens with zero attached hydrogens (tertiary/aromatic N) is 2. The van der Waals surface area contributed by atoms with Crippen molar-refractivity contribution in [3.8, 4) is 0 Å². The molecule has 0 aliphatic heterocycles. The molecule has 2 N–H and O–H groups in total. The topological polar surface area (TPSA) is 85.2 Å². The summed E-state index contributed by atoms with van der Waals surface area (Å²) < 4.78 is 6.36.